The minimum absolute atomic E-state index is 0.144. The molecule has 32 heavy (non-hydrogen) atoms. The van der Waals surface area contributed by atoms with Crippen LogP contribution in [-0.2, 0) is 4.79 Å². The van der Waals surface area contributed by atoms with E-state index in [0.717, 1.165) is 29.2 Å². The van der Waals surface area contributed by atoms with Crippen LogP contribution in [0.5, 0.6) is 5.75 Å². The van der Waals surface area contributed by atoms with Gasteiger partial charge in [-0.1, -0.05) is 29.8 Å². The van der Waals surface area contributed by atoms with Gasteiger partial charge < -0.3 is 14.5 Å². The predicted octanol–water partition coefficient (Wildman–Crippen LogP) is 3.85. The van der Waals surface area contributed by atoms with Gasteiger partial charge >= 0.3 is 0 Å². The quantitative estimate of drug-likeness (QED) is 0.606. The summed E-state index contributed by atoms with van der Waals surface area (Å²) in [6, 6.07) is 15.0. The van der Waals surface area contributed by atoms with Crippen molar-refractivity contribution in [3.8, 4) is 17.0 Å². The Balaban J connectivity index is 1.33. The van der Waals surface area contributed by atoms with Gasteiger partial charge in [-0.25, -0.2) is 8.78 Å². The average molecular weight is 438 g/mol. The molecule has 0 spiro atoms. The first-order valence-electron chi connectivity index (χ1n) is 10.5. The number of benzene rings is 2. The van der Waals surface area contributed by atoms with Crippen LogP contribution in [0.1, 0.15) is 12.5 Å². The van der Waals surface area contributed by atoms with Crippen LogP contribution >= 0.6 is 0 Å². The number of halogens is 2. The van der Waals surface area contributed by atoms with Gasteiger partial charge in [0.05, 0.1) is 5.69 Å². The fourth-order valence-electron chi connectivity index (χ4n) is 3.60. The van der Waals surface area contributed by atoms with Crippen LogP contribution in [0, 0.1) is 18.6 Å². The summed E-state index contributed by atoms with van der Waals surface area (Å²) in [5.74, 6) is -1.16. The van der Waals surface area contributed by atoms with Crippen LogP contribution in [0.3, 0.4) is 0 Å². The Bertz CT molecular complexity index is 1080. The van der Waals surface area contributed by atoms with Crippen molar-refractivity contribution < 1.29 is 18.3 Å². The maximum absolute atomic E-state index is 13.8. The molecule has 1 amide bonds. The highest BCUT2D eigenvalue weighted by Crippen LogP contribution is 2.22. The summed E-state index contributed by atoms with van der Waals surface area (Å²) in [5, 5.41) is 8.70. The largest absolute Gasteiger partial charge is 0.478 e. The Morgan fingerprint density at radius 1 is 0.969 bits per heavy atom. The average Bonchev–Trinajstić information content (AvgIpc) is 2.81. The molecule has 1 unspecified atom stereocenters. The number of aromatic nitrogens is 2. The van der Waals surface area contributed by atoms with E-state index in [0.29, 0.717) is 26.2 Å². The normalized spacial score (nSPS) is 14.9. The molecule has 1 saturated heterocycles. The summed E-state index contributed by atoms with van der Waals surface area (Å²) in [4.78, 5) is 16.5. The Labute approximate surface area is 185 Å². The molecule has 1 aliphatic heterocycles. The molecule has 8 heteroatoms. The third kappa shape index (κ3) is 4.85. The van der Waals surface area contributed by atoms with Crippen LogP contribution in [0.15, 0.2) is 54.6 Å². The number of ether oxygens (including phenoxy) is 1. The molecule has 1 aliphatic rings. The molecule has 2 heterocycles. The van der Waals surface area contributed by atoms with E-state index in [9.17, 15) is 13.6 Å². The highest BCUT2D eigenvalue weighted by molar-refractivity contribution is 5.81. The SMILES string of the molecule is Cc1ccc(-c2ccc(N3CCN(C(=O)C(C)Oc4ccc(F)cc4F)CC3)nn2)cc1. The van der Waals surface area contributed by atoms with Gasteiger partial charge in [-0.05, 0) is 38.1 Å². The molecular formula is C24H24F2N4O2. The topological polar surface area (TPSA) is 58.6 Å². The number of nitrogens with zero attached hydrogens (tertiary/aromatic N) is 4. The molecule has 4 rings (SSSR count). The first-order valence-corrected chi connectivity index (χ1v) is 10.5. The van der Waals surface area contributed by atoms with Crippen molar-refractivity contribution in [1.82, 2.24) is 15.1 Å². The lowest BCUT2D eigenvalue weighted by Gasteiger charge is -2.36. The van der Waals surface area contributed by atoms with Crippen LogP contribution < -0.4 is 9.64 Å². The molecule has 0 N–H and O–H groups in total. The Morgan fingerprint density at radius 2 is 1.69 bits per heavy atom. The Hall–Kier alpha value is -3.55. The van der Waals surface area contributed by atoms with Crippen LogP contribution in [-0.4, -0.2) is 53.3 Å². The van der Waals surface area contributed by atoms with Crippen molar-refractivity contribution in [2.75, 3.05) is 31.1 Å². The highest BCUT2D eigenvalue weighted by Gasteiger charge is 2.27. The molecule has 1 aromatic heterocycles. The fourth-order valence-corrected chi connectivity index (χ4v) is 3.60. The van der Waals surface area contributed by atoms with Gasteiger partial charge in [-0.15, -0.1) is 10.2 Å². The predicted molar refractivity (Wildman–Crippen MR) is 117 cm³/mol. The Kier molecular flexibility index (Phi) is 6.30. The van der Waals surface area contributed by atoms with Crippen molar-refractivity contribution in [3.63, 3.8) is 0 Å². The lowest BCUT2D eigenvalue weighted by atomic mass is 10.1. The van der Waals surface area contributed by atoms with Crippen molar-refractivity contribution in [1.29, 1.82) is 0 Å². The molecule has 0 aliphatic carbocycles. The molecule has 166 valence electrons. The smallest absolute Gasteiger partial charge is 0.263 e. The van der Waals surface area contributed by atoms with Crippen LogP contribution in [0.25, 0.3) is 11.3 Å². The number of anilines is 1. The van der Waals surface area contributed by atoms with Gasteiger partial charge in [0.15, 0.2) is 23.5 Å². The minimum Gasteiger partial charge on any atom is -0.478 e. The van der Waals surface area contributed by atoms with Gasteiger partial charge in [0.25, 0.3) is 5.91 Å². The summed E-state index contributed by atoms with van der Waals surface area (Å²) in [7, 11) is 0. The van der Waals surface area contributed by atoms with Gasteiger partial charge in [-0.2, -0.15) is 0 Å². The second-order valence-corrected chi connectivity index (χ2v) is 7.79. The maximum atomic E-state index is 13.8. The van der Waals surface area contributed by atoms with Crippen molar-refractivity contribution in [3.05, 3.63) is 71.8 Å². The zero-order valence-electron chi connectivity index (χ0n) is 18.0. The number of rotatable bonds is 5. The number of amides is 1. The first-order chi connectivity index (χ1) is 15.4. The van der Waals surface area contributed by atoms with E-state index in [1.807, 2.05) is 43.3 Å². The lowest BCUT2D eigenvalue weighted by molar-refractivity contribution is -0.138. The molecule has 0 saturated carbocycles. The fraction of sp³-hybridized carbons (Fsp3) is 0.292. The molecule has 3 aromatic rings. The maximum Gasteiger partial charge on any atom is 0.263 e. The summed E-state index contributed by atoms with van der Waals surface area (Å²) >= 11 is 0. The molecule has 6 nitrogen and oxygen atoms in total. The second kappa shape index (κ2) is 9.30. The van der Waals surface area contributed by atoms with E-state index in [1.165, 1.54) is 11.6 Å². The number of piperazine rings is 1. The van der Waals surface area contributed by atoms with Crippen molar-refractivity contribution in [2.45, 2.75) is 20.0 Å². The zero-order valence-corrected chi connectivity index (χ0v) is 18.0. The number of carbonyl (C=O) groups is 1. The monoisotopic (exact) mass is 438 g/mol. The van der Waals surface area contributed by atoms with Crippen LogP contribution in [0.4, 0.5) is 14.6 Å². The van der Waals surface area contributed by atoms with Crippen LogP contribution in [0.2, 0.25) is 0 Å². The second-order valence-electron chi connectivity index (χ2n) is 7.79. The first kappa shape index (κ1) is 21.7. The number of hydrogen-bond donors (Lipinski definition) is 0. The molecular weight excluding hydrogens is 414 g/mol. The lowest BCUT2D eigenvalue weighted by Crippen LogP contribution is -2.52. The van der Waals surface area contributed by atoms with Gasteiger partial charge in [0.2, 0.25) is 0 Å². The van der Waals surface area contributed by atoms with E-state index in [4.69, 9.17) is 4.74 Å². The third-order valence-corrected chi connectivity index (χ3v) is 5.46. The van der Waals surface area contributed by atoms with E-state index >= 15 is 0 Å². The molecule has 1 fully saturated rings. The zero-order chi connectivity index (χ0) is 22.7. The summed E-state index contributed by atoms with van der Waals surface area (Å²) in [6.45, 7) is 5.77. The third-order valence-electron chi connectivity index (χ3n) is 5.46. The molecule has 1 atom stereocenters. The van der Waals surface area contributed by atoms with E-state index < -0.39 is 17.7 Å². The summed E-state index contributed by atoms with van der Waals surface area (Å²) in [5.41, 5.74) is 3.01. The van der Waals surface area contributed by atoms with Gasteiger partial charge in [0.1, 0.15) is 5.82 Å². The minimum atomic E-state index is -0.880. The standard InChI is InChI=1S/C24H24F2N4O2/c1-16-3-5-18(6-4-16)21-8-10-23(28-27-21)29-11-13-30(14-12-29)24(31)17(2)32-22-9-7-19(25)15-20(22)26/h3-10,15,17H,11-14H2,1-2H3. The van der Waals surface area contributed by atoms with Crippen molar-refractivity contribution >= 4 is 11.7 Å². The number of hydrogen-bond acceptors (Lipinski definition) is 5. The van der Waals surface area contributed by atoms with E-state index in [2.05, 4.69) is 15.1 Å². The van der Waals surface area contributed by atoms with Crippen molar-refractivity contribution in [2.24, 2.45) is 0 Å². The summed E-state index contributed by atoms with van der Waals surface area (Å²) < 4.78 is 32.3. The number of aryl methyl sites for hydroxylation is 1. The van der Waals surface area contributed by atoms with Gasteiger partial charge in [-0.3, -0.25) is 4.79 Å². The molecule has 0 bridgehead atoms. The van der Waals surface area contributed by atoms with E-state index in [1.54, 1.807) is 11.8 Å². The highest BCUT2D eigenvalue weighted by atomic mass is 19.1. The molecule has 2 aromatic carbocycles. The van der Waals surface area contributed by atoms with Gasteiger partial charge in [0, 0.05) is 37.8 Å². The number of carbonyl (C=O) groups excluding carboxylic acids is 1. The Morgan fingerprint density at radius 3 is 2.31 bits per heavy atom. The van der Waals surface area contributed by atoms with E-state index in [-0.39, 0.29) is 11.7 Å². The molecule has 0 radical (unpaired) electrons. The summed E-state index contributed by atoms with van der Waals surface area (Å²) in [6.07, 6.45) is -0.880.